The van der Waals surface area contributed by atoms with Crippen molar-refractivity contribution in [3.05, 3.63) is 83.7 Å². The first kappa shape index (κ1) is 14.9. The van der Waals surface area contributed by atoms with Gasteiger partial charge in [0.2, 0.25) is 0 Å². The van der Waals surface area contributed by atoms with E-state index in [4.69, 9.17) is 9.72 Å². The number of pyridine rings is 1. The van der Waals surface area contributed by atoms with E-state index in [9.17, 15) is 0 Å². The first-order chi connectivity index (χ1) is 12.8. The van der Waals surface area contributed by atoms with Gasteiger partial charge in [-0.15, -0.1) is 0 Å². The minimum atomic E-state index is 0.691. The van der Waals surface area contributed by atoms with Crippen molar-refractivity contribution < 1.29 is 4.74 Å². The number of hydrogen-bond acceptors (Lipinski definition) is 3. The maximum Gasteiger partial charge on any atom is 0.185 e. The van der Waals surface area contributed by atoms with Crippen LogP contribution < -0.4 is 4.74 Å². The van der Waals surface area contributed by atoms with Crippen LogP contribution >= 0.6 is 0 Å². The minimum Gasteiger partial charge on any atom is -0.496 e. The number of ether oxygens (including phenoxy) is 1. The lowest BCUT2D eigenvalue weighted by atomic mass is 10.0. The molecule has 2 heterocycles. The van der Waals surface area contributed by atoms with Gasteiger partial charge >= 0.3 is 0 Å². The van der Waals surface area contributed by atoms with Crippen molar-refractivity contribution in [2.75, 3.05) is 7.11 Å². The van der Waals surface area contributed by atoms with Crippen LogP contribution in [0.2, 0.25) is 0 Å². The molecule has 0 aliphatic heterocycles. The lowest BCUT2D eigenvalue weighted by molar-refractivity contribution is 0.419. The number of nitrogens with zero attached hydrogens (tertiary/aromatic N) is 2. The smallest absolute Gasteiger partial charge is 0.185 e. The fourth-order valence-electron chi connectivity index (χ4n) is 3.42. The molecule has 4 aromatic rings. The highest BCUT2D eigenvalue weighted by Gasteiger charge is 2.17. The predicted molar refractivity (Wildman–Crippen MR) is 104 cm³/mol. The third-order valence-electron chi connectivity index (χ3n) is 4.80. The topological polar surface area (TPSA) is 50.8 Å². The molecule has 0 saturated heterocycles. The van der Waals surface area contributed by atoms with Gasteiger partial charge in [-0.2, -0.15) is 5.10 Å². The summed E-state index contributed by atoms with van der Waals surface area (Å²) < 4.78 is 5.64. The van der Waals surface area contributed by atoms with Crippen LogP contribution in [0.3, 0.4) is 0 Å². The Kier molecular flexibility index (Phi) is 3.35. The van der Waals surface area contributed by atoms with Gasteiger partial charge in [0.05, 0.1) is 23.9 Å². The molecule has 0 atom stereocenters. The summed E-state index contributed by atoms with van der Waals surface area (Å²) in [7, 11) is 1.69. The largest absolute Gasteiger partial charge is 0.496 e. The number of nitrogens with one attached hydrogen (secondary N) is 1. The molecule has 126 valence electrons. The monoisotopic (exact) mass is 339 g/mol. The molecule has 0 spiro atoms. The number of rotatable bonds is 4. The lowest BCUT2D eigenvalue weighted by Crippen LogP contribution is -1.96. The molecule has 5 rings (SSSR count). The fourth-order valence-corrected chi connectivity index (χ4v) is 3.42. The number of fused-ring (bicyclic) bond motifs is 2. The third kappa shape index (κ3) is 2.39. The third-order valence-corrected chi connectivity index (χ3v) is 4.80. The highest BCUT2D eigenvalue weighted by atomic mass is 16.5. The zero-order valence-electron chi connectivity index (χ0n) is 14.4. The van der Waals surface area contributed by atoms with Crippen LogP contribution in [0, 0.1) is 0 Å². The summed E-state index contributed by atoms with van der Waals surface area (Å²) in [5.41, 5.74) is 4.94. The number of aromatic amines is 1. The molecule has 0 unspecified atom stereocenters. The molecule has 1 aliphatic carbocycles. The summed E-state index contributed by atoms with van der Waals surface area (Å²) in [6.45, 7) is 0. The van der Waals surface area contributed by atoms with Gasteiger partial charge in [-0.3, -0.25) is 5.10 Å². The van der Waals surface area contributed by atoms with E-state index < -0.39 is 0 Å². The zero-order chi connectivity index (χ0) is 17.5. The molecule has 0 amide bonds. The van der Waals surface area contributed by atoms with E-state index in [-0.39, 0.29) is 0 Å². The van der Waals surface area contributed by atoms with Crippen molar-refractivity contribution in [3.63, 3.8) is 0 Å². The Morgan fingerprint density at radius 3 is 2.65 bits per heavy atom. The molecule has 0 fully saturated rings. The summed E-state index contributed by atoms with van der Waals surface area (Å²) >= 11 is 0. The summed E-state index contributed by atoms with van der Waals surface area (Å²) in [6.07, 6.45) is 6.85. The number of aromatic nitrogens is 3. The van der Waals surface area contributed by atoms with Gasteiger partial charge in [-0.05, 0) is 16.3 Å². The molecule has 2 aromatic carbocycles. The van der Waals surface area contributed by atoms with Gasteiger partial charge in [0, 0.05) is 18.1 Å². The number of H-pyrrole nitrogens is 1. The first-order valence-corrected chi connectivity index (χ1v) is 8.60. The van der Waals surface area contributed by atoms with Crippen LogP contribution in [0.5, 0.6) is 5.75 Å². The SMILES string of the molecule is COc1cc(Cc2ccc3ccccc3c2)nc2n[nH]c(C3=CC=C3)c12. The van der Waals surface area contributed by atoms with Gasteiger partial charge < -0.3 is 4.74 Å². The number of hydrogen-bond donors (Lipinski definition) is 1. The van der Waals surface area contributed by atoms with Crippen LogP contribution in [0.25, 0.3) is 27.4 Å². The molecule has 4 heteroatoms. The summed E-state index contributed by atoms with van der Waals surface area (Å²) in [6, 6.07) is 16.9. The zero-order valence-corrected chi connectivity index (χ0v) is 14.4. The van der Waals surface area contributed by atoms with Crippen molar-refractivity contribution in [1.29, 1.82) is 0 Å². The Bertz CT molecular complexity index is 1200. The van der Waals surface area contributed by atoms with Crippen molar-refractivity contribution in [1.82, 2.24) is 15.2 Å². The van der Waals surface area contributed by atoms with Crippen molar-refractivity contribution in [3.8, 4) is 5.75 Å². The molecule has 0 saturated carbocycles. The maximum atomic E-state index is 5.64. The molecule has 0 radical (unpaired) electrons. The average Bonchev–Trinajstić information content (AvgIpc) is 3.03. The van der Waals surface area contributed by atoms with Crippen LogP contribution in [-0.4, -0.2) is 22.3 Å². The standard InChI is InChI=1S/C22H17N3O/c1-26-19-13-18(12-14-9-10-15-5-2-3-6-17(15)11-14)23-22-20(19)21(24-25-22)16-7-4-8-16/h2-11,13H,12H2,1H3,(H,23,24,25). The average molecular weight is 339 g/mol. The van der Waals surface area contributed by atoms with Crippen LogP contribution in [0.1, 0.15) is 17.0 Å². The minimum absolute atomic E-state index is 0.691. The second kappa shape index (κ2) is 5.85. The van der Waals surface area contributed by atoms with Gasteiger partial charge in [0.25, 0.3) is 0 Å². The number of allylic oxidation sites excluding steroid dienone is 4. The highest BCUT2D eigenvalue weighted by molar-refractivity contribution is 5.97. The van der Waals surface area contributed by atoms with Gasteiger partial charge in [-0.1, -0.05) is 60.7 Å². The van der Waals surface area contributed by atoms with Crippen molar-refractivity contribution in [2.45, 2.75) is 6.42 Å². The van der Waals surface area contributed by atoms with Crippen LogP contribution in [-0.2, 0) is 6.42 Å². The van der Waals surface area contributed by atoms with E-state index in [1.807, 2.05) is 12.1 Å². The number of methoxy groups -OCH3 is 1. The van der Waals surface area contributed by atoms with E-state index in [2.05, 4.69) is 64.8 Å². The van der Waals surface area contributed by atoms with Crippen LogP contribution in [0.15, 0.2) is 66.8 Å². The van der Waals surface area contributed by atoms with E-state index in [1.54, 1.807) is 7.11 Å². The molecule has 1 aliphatic rings. The second-order valence-corrected chi connectivity index (χ2v) is 6.45. The Morgan fingerprint density at radius 1 is 1.04 bits per heavy atom. The normalized spacial score (nSPS) is 13.0. The Morgan fingerprint density at radius 2 is 1.88 bits per heavy atom. The van der Waals surface area contributed by atoms with E-state index >= 15 is 0 Å². The van der Waals surface area contributed by atoms with Gasteiger partial charge in [0.15, 0.2) is 5.65 Å². The van der Waals surface area contributed by atoms with E-state index in [0.717, 1.165) is 34.5 Å². The molecular weight excluding hydrogens is 322 g/mol. The Labute approximate surface area is 150 Å². The maximum absolute atomic E-state index is 5.64. The summed E-state index contributed by atoms with van der Waals surface area (Å²) in [5, 5.41) is 10.9. The predicted octanol–water partition coefficient (Wildman–Crippen LogP) is 4.66. The van der Waals surface area contributed by atoms with Gasteiger partial charge in [-0.25, -0.2) is 4.98 Å². The Balaban J connectivity index is 1.56. The molecule has 26 heavy (non-hydrogen) atoms. The van der Waals surface area contributed by atoms with E-state index in [1.165, 1.54) is 16.3 Å². The highest BCUT2D eigenvalue weighted by Crippen LogP contribution is 2.33. The summed E-state index contributed by atoms with van der Waals surface area (Å²) in [4.78, 5) is 4.75. The number of benzene rings is 2. The molecule has 2 aromatic heterocycles. The quantitative estimate of drug-likeness (QED) is 0.588. The molecule has 1 N–H and O–H groups in total. The summed E-state index contributed by atoms with van der Waals surface area (Å²) in [5.74, 6) is 0.802. The lowest BCUT2D eigenvalue weighted by Gasteiger charge is -2.09. The fraction of sp³-hybridized carbons (Fsp3) is 0.0909. The second-order valence-electron chi connectivity index (χ2n) is 6.45. The first-order valence-electron chi connectivity index (χ1n) is 8.60. The van der Waals surface area contributed by atoms with Crippen LogP contribution in [0.4, 0.5) is 0 Å². The Hall–Kier alpha value is -3.40. The van der Waals surface area contributed by atoms with E-state index in [0.29, 0.717) is 5.65 Å². The molecule has 0 bridgehead atoms. The van der Waals surface area contributed by atoms with Crippen molar-refractivity contribution >= 4 is 27.4 Å². The van der Waals surface area contributed by atoms with Gasteiger partial charge in [0.1, 0.15) is 5.75 Å². The van der Waals surface area contributed by atoms with Crippen molar-refractivity contribution in [2.24, 2.45) is 0 Å². The molecular formula is C22H17N3O. The molecule has 4 nitrogen and oxygen atoms in total.